The number of piperidine rings is 1. The number of nitrogens with two attached hydrogens (primary N) is 1. The van der Waals surface area contributed by atoms with Gasteiger partial charge in [-0.25, -0.2) is 9.78 Å². The van der Waals surface area contributed by atoms with Crippen LogP contribution in [0.25, 0.3) is 0 Å². The molecule has 0 saturated carbocycles. The van der Waals surface area contributed by atoms with Gasteiger partial charge in [-0.15, -0.1) is 0 Å². The van der Waals surface area contributed by atoms with Gasteiger partial charge in [-0.2, -0.15) is 0 Å². The number of hydrogen-bond donors (Lipinski definition) is 1. The maximum absolute atomic E-state index is 11.9. The number of nitrogens with zero attached hydrogens (tertiary/aromatic N) is 3. The van der Waals surface area contributed by atoms with E-state index in [0.717, 1.165) is 25.9 Å². The van der Waals surface area contributed by atoms with E-state index in [1.807, 2.05) is 0 Å². The van der Waals surface area contributed by atoms with E-state index in [0.29, 0.717) is 23.1 Å². The standard InChI is InChI=1S/C14H22N4O2/c1-17(2)11-5-4-6-18(9-11)13-12(14(19)20-3)7-10(15)8-16-13/h7-8,11H,4-6,9,15H2,1-3H3. The molecule has 1 atom stereocenters. The molecule has 0 aromatic carbocycles. The molecule has 0 bridgehead atoms. The van der Waals surface area contributed by atoms with Crippen LogP contribution >= 0.6 is 0 Å². The van der Waals surface area contributed by atoms with Gasteiger partial charge in [-0.05, 0) is 33.0 Å². The molecular weight excluding hydrogens is 256 g/mol. The molecular formula is C14H22N4O2. The lowest BCUT2D eigenvalue weighted by Crippen LogP contribution is -2.46. The molecule has 20 heavy (non-hydrogen) atoms. The quantitative estimate of drug-likeness (QED) is 0.831. The first-order valence-corrected chi connectivity index (χ1v) is 6.78. The number of esters is 1. The Labute approximate surface area is 119 Å². The highest BCUT2D eigenvalue weighted by molar-refractivity contribution is 5.95. The summed E-state index contributed by atoms with van der Waals surface area (Å²) in [6.45, 7) is 1.75. The van der Waals surface area contributed by atoms with Crippen molar-refractivity contribution in [2.75, 3.05) is 44.9 Å². The van der Waals surface area contributed by atoms with Crippen LogP contribution in [0.3, 0.4) is 0 Å². The molecule has 1 aromatic heterocycles. The number of hydrogen-bond acceptors (Lipinski definition) is 6. The average Bonchev–Trinajstić information content (AvgIpc) is 2.46. The van der Waals surface area contributed by atoms with Gasteiger partial charge in [0.05, 0.1) is 19.0 Å². The molecule has 6 nitrogen and oxygen atoms in total. The van der Waals surface area contributed by atoms with Gasteiger partial charge < -0.3 is 20.3 Å². The zero-order valence-corrected chi connectivity index (χ0v) is 12.3. The lowest BCUT2D eigenvalue weighted by atomic mass is 10.0. The third-order valence-electron chi connectivity index (χ3n) is 3.72. The molecule has 0 aliphatic carbocycles. The summed E-state index contributed by atoms with van der Waals surface area (Å²) in [5.41, 5.74) is 6.63. The zero-order chi connectivity index (χ0) is 14.7. The highest BCUT2D eigenvalue weighted by Gasteiger charge is 2.26. The average molecular weight is 278 g/mol. The zero-order valence-electron chi connectivity index (χ0n) is 12.3. The van der Waals surface area contributed by atoms with Gasteiger partial charge in [0.25, 0.3) is 0 Å². The first kappa shape index (κ1) is 14.6. The summed E-state index contributed by atoms with van der Waals surface area (Å²) >= 11 is 0. The lowest BCUT2D eigenvalue weighted by molar-refractivity contribution is 0.0601. The SMILES string of the molecule is COC(=O)c1cc(N)cnc1N1CCCC(N(C)C)C1. The van der Waals surface area contributed by atoms with Gasteiger partial charge in [0.1, 0.15) is 11.4 Å². The monoisotopic (exact) mass is 278 g/mol. The molecule has 1 aliphatic heterocycles. The number of carbonyl (C=O) groups is 1. The minimum Gasteiger partial charge on any atom is -0.465 e. The number of nitrogen functional groups attached to an aromatic ring is 1. The summed E-state index contributed by atoms with van der Waals surface area (Å²) in [6.07, 6.45) is 3.82. The molecule has 6 heteroatoms. The van der Waals surface area contributed by atoms with E-state index in [1.54, 1.807) is 12.3 Å². The van der Waals surface area contributed by atoms with Crippen LogP contribution in [0, 0.1) is 0 Å². The maximum Gasteiger partial charge on any atom is 0.341 e. The van der Waals surface area contributed by atoms with Gasteiger partial charge in [0, 0.05) is 19.1 Å². The van der Waals surface area contributed by atoms with Crippen molar-refractivity contribution in [2.24, 2.45) is 0 Å². The Balaban J connectivity index is 2.29. The number of rotatable bonds is 3. The van der Waals surface area contributed by atoms with Crippen LogP contribution in [0.2, 0.25) is 0 Å². The van der Waals surface area contributed by atoms with Crippen molar-refractivity contribution in [1.82, 2.24) is 9.88 Å². The van der Waals surface area contributed by atoms with Crippen molar-refractivity contribution < 1.29 is 9.53 Å². The largest absolute Gasteiger partial charge is 0.465 e. The fourth-order valence-electron chi connectivity index (χ4n) is 2.55. The Bertz CT molecular complexity index is 490. The van der Waals surface area contributed by atoms with Crippen molar-refractivity contribution in [3.05, 3.63) is 17.8 Å². The molecule has 0 amide bonds. The van der Waals surface area contributed by atoms with Crippen LogP contribution in [0.5, 0.6) is 0 Å². The summed E-state index contributed by atoms with van der Waals surface area (Å²) < 4.78 is 4.83. The molecule has 2 rings (SSSR count). The second-order valence-electron chi connectivity index (χ2n) is 5.34. The topological polar surface area (TPSA) is 71.7 Å². The Kier molecular flexibility index (Phi) is 4.44. The van der Waals surface area contributed by atoms with E-state index >= 15 is 0 Å². The third kappa shape index (κ3) is 3.01. The van der Waals surface area contributed by atoms with E-state index in [9.17, 15) is 4.79 Å². The van der Waals surface area contributed by atoms with Crippen LogP contribution in [0.1, 0.15) is 23.2 Å². The number of ether oxygens (including phenoxy) is 1. The molecule has 1 fully saturated rings. The molecule has 0 spiro atoms. The minimum absolute atomic E-state index is 0.397. The van der Waals surface area contributed by atoms with Gasteiger partial charge >= 0.3 is 5.97 Å². The van der Waals surface area contributed by atoms with E-state index in [4.69, 9.17) is 10.5 Å². The van der Waals surface area contributed by atoms with E-state index in [1.165, 1.54) is 7.11 Å². The highest BCUT2D eigenvalue weighted by atomic mass is 16.5. The molecule has 0 radical (unpaired) electrons. The van der Waals surface area contributed by atoms with E-state index in [-0.39, 0.29) is 0 Å². The van der Waals surface area contributed by atoms with Crippen molar-refractivity contribution in [1.29, 1.82) is 0 Å². The fourth-order valence-corrected chi connectivity index (χ4v) is 2.55. The summed E-state index contributed by atoms with van der Waals surface area (Å²) in [5, 5.41) is 0. The first-order valence-electron chi connectivity index (χ1n) is 6.78. The number of carbonyl (C=O) groups excluding carboxylic acids is 1. The molecule has 2 N–H and O–H groups in total. The fraction of sp³-hybridized carbons (Fsp3) is 0.571. The van der Waals surface area contributed by atoms with Crippen LogP contribution < -0.4 is 10.6 Å². The van der Waals surface area contributed by atoms with Gasteiger partial charge in [-0.3, -0.25) is 0 Å². The van der Waals surface area contributed by atoms with Crippen molar-refractivity contribution in [3.63, 3.8) is 0 Å². The normalized spacial score (nSPS) is 19.2. The van der Waals surface area contributed by atoms with Crippen LogP contribution in [-0.4, -0.2) is 56.2 Å². The predicted octanol–water partition coefficient (Wildman–Crippen LogP) is 0.981. The van der Waals surface area contributed by atoms with Crippen LogP contribution in [-0.2, 0) is 4.74 Å². The summed E-state index contributed by atoms with van der Waals surface area (Å²) in [6, 6.07) is 2.10. The van der Waals surface area contributed by atoms with Crippen LogP contribution in [0.15, 0.2) is 12.3 Å². The summed E-state index contributed by atoms with van der Waals surface area (Å²) in [5.74, 6) is 0.268. The second kappa shape index (κ2) is 6.09. The molecule has 110 valence electrons. The summed E-state index contributed by atoms with van der Waals surface area (Å²) in [4.78, 5) is 20.6. The second-order valence-corrected chi connectivity index (χ2v) is 5.34. The van der Waals surface area contributed by atoms with Crippen molar-refractivity contribution in [3.8, 4) is 0 Å². The Morgan fingerprint density at radius 2 is 2.30 bits per heavy atom. The first-order chi connectivity index (χ1) is 9.52. The summed E-state index contributed by atoms with van der Waals surface area (Å²) in [7, 11) is 5.52. The minimum atomic E-state index is -0.397. The molecule has 1 aromatic rings. The van der Waals surface area contributed by atoms with Gasteiger partial charge in [0.15, 0.2) is 0 Å². The van der Waals surface area contributed by atoms with Gasteiger partial charge in [0.2, 0.25) is 0 Å². The highest BCUT2D eigenvalue weighted by Crippen LogP contribution is 2.25. The number of pyridine rings is 1. The Morgan fingerprint density at radius 3 is 2.95 bits per heavy atom. The molecule has 1 aliphatic rings. The number of aromatic nitrogens is 1. The van der Waals surface area contributed by atoms with Crippen LogP contribution in [0.4, 0.5) is 11.5 Å². The number of methoxy groups -OCH3 is 1. The Morgan fingerprint density at radius 1 is 1.55 bits per heavy atom. The molecule has 2 heterocycles. The maximum atomic E-state index is 11.9. The molecule has 1 unspecified atom stereocenters. The smallest absolute Gasteiger partial charge is 0.341 e. The van der Waals surface area contributed by atoms with Gasteiger partial charge in [-0.1, -0.05) is 0 Å². The Hall–Kier alpha value is -1.82. The number of likely N-dealkylation sites (N-methyl/N-ethyl adjacent to an activating group) is 1. The van der Waals surface area contributed by atoms with E-state index in [2.05, 4.69) is 28.9 Å². The number of anilines is 2. The predicted molar refractivity (Wildman–Crippen MR) is 78.9 cm³/mol. The van der Waals surface area contributed by atoms with Crippen molar-refractivity contribution in [2.45, 2.75) is 18.9 Å². The molecule has 1 saturated heterocycles. The lowest BCUT2D eigenvalue weighted by Gasteiger charge is -2.37. The van der Waals surface area contributed by atoms with Crippen molar-refractivity contribution >= 4 is 17.5 Å². The third-order valence-corrected chi connectivity index (χ3v) is 3.72. The van der Waals surface area contributed by atoms with E-state index < -0.39 is 5.97 Å².